The van der Waals surface area contributed by atoms with Crippen LogP contribution < -0.4 is 10.1 Å². The number of Topliss-reactive ketones (excluding diaryl/α,β-unsaturated/α-hetero) is 1. The number of nitrogens with zero attached hydrogens (tertiary/aromatic N) is 2. The Morgan fingerprint density at radius 2 is 1.96 bits per heavy atom. The molecule has 23 heavy (non-hydrogen) atoms. The number of anilines is 1. The highest BCUT2D eigenvalue weighted by molar-refractivity contribution is 8.01. The van der Waals surface area contributed by atoms with Gasteiger partial charge >= 0.3 is 0 Å². The van der Waals surface area contributed by atoms with Crippen molar-refractivity contribution >= 4 is 34.0 Å². The van der Waals surface area contributed by atoms with E-state index < -0.39 is 0 Å². The predicted octanol–water partition coefficient (Wildman–Crippen LogP) is 3.87. The number of hydrogen-bond donors (Lipinski definition) is 1. The highest BCUT2D eigenvalue weighted by Gasteiger charge is 2.21. The van der Waals surface area contributed by atoms with E-state index in [0.717, 1.165) is 20.8 Å². The Kier molecular flexibility index (Phi) is 6.01. The lowest BCUT2D eigenvalue weighted by atomic mass is 9.92. The molecular weight excluding hydrogens is 330 g/mol. The van der Waals surface area contributed by atoms with E-state index in [4.69, 9.17) is 4.74 Å². The van der Waals surface area contributed by atoms with Crippen molar-refractivity contribution in [1.29, 1.82) is 0 Å². The molecule has 0 radical (unpaired) electrons. The molecule has 2 rings (SSSR count). The van der Waals surface area contributed by atoms with E-state index in [2.05, 4.69) is 15.5 Å². The van der Waals surface area contributed by atoms with Crippen LogP contribution in [-0.2, 0) is 11.3 Å². The topological polar surface area (TPSA) is 64.1 Å². The number of methoxy groups -OCH3 is 1. The van der Waals surface area contributed by atoms with Crippen LogP contribution in [0.3, 0.4) is 0 Å². The molecule has 0 unspecified atom stereocenters. The van der Waals surface area contributed by atoms with Crippen molar-refractivity contribution in [3.05, 3.63) is 29.8 Å². The average Bonchev–Trinajstić information content (AvgIpc) is 2.98. The number of thioether (sulfide) groups is 1. The Morgan fingerprint density at radius 1 is 1.26 bits per heavy atom. The summed E-state index contributed by atoms with van der Waals surface area (Å²) in [7, 11) is 1.65. The summed E-state index contributed by atoms with van der Waals surface area (Å²) in [5.41, 5.74) is 0.825. The van der Waals surface area contributed by atoms with Crippen LogP contribution in [0.25, 0.3) is 0 Å². The van der Waals surface area contributed by atoms with Crippen molar-refractivity contribution in [1.82, 2.24) is 10.2 Å². The number of carbonyl (C=O) groups is 1. The molecule has 5 nitrogen and oxygen atoms in total. The Bertz CT molecular complexity index is 648. The van der Waals surface area contributed by atoms with Crippen molar-refractivity contribution in [2.75, 3.05) is 18.2 Å². The zero-order valence-corrected chi connectivity index (χ0v) is 15.4. The minimum atomic E-state index is -0.312. The zero-order valence-electron chi connectivity index (χ0n) is 13.8. The predicted molar refractivity (Wildman–Crippen MR) is 95.4 cm³/mol. The first-order chi connectivity index (χ1) is 10.9. The van der Waals surface area contributed by atoms with Crippen molar-refractivity contribution in [2.45, 2.75) is 31.7 Å². The fourth-order valence-electron chi connectivity index (χ4n) is 1.60. The molecule has 1 N–H and O–H groups in total. The quantitative estimate of drug-likeness (QED) is 0.764. The first kappa shape index (κ1) is 17.7. The number of ketones is 1. The van der Waals surface area contributed by atoms with Crippen molar-refractivity contribution in [3.63, 3.8) is 0 Å². The van der Waals surface area contributed by atoms with Gasteiger partial charge in [-0.15, -0.1) is 10.2 Å². The Hall–Kier alpha value is -1.60. The standard InChI is InChI=1S/C16H21N3O2S2/c1-16(2,3)13(20)10-22-15-19-18-14(23-15)17-9-11-5-7-12(21-4)8-6-11/h5-8H,9-10H2,1-4H3,(H,17,18). The second-order valence-electron chi connectivity index (χ2n) is 6.04. The van der Waals surface area contributed by atoms with Gasteiger partial charge in [0.15, 0.2) is 4.34 Å². The number of rotatable bonds is 7. The third-order valence-electron chi connectivity index (χ3n) is 3.17. The molecule has 0 atom stereocenters. The van der Waals surface area contributed by atoms with Crippen LogP contribution in [0.2, 0.25) is 0 Å². The van der Waals surface area contributed by atoms with E-state index in [9.17, 15) is 4.79 Å². The smallest absolute Gasteiger partial charge is 0.206 e. The molecule has 1 heterocycles. The zero-order chi connectivity index (χ0) is 16.9. The van der Waals surface area contributed by atoms with E-state index in [0.29, 0.717) is 12.3 Å². The summed E-state index contributed by atoms with van der Waals surface area (Å²) in [6, 6.07) is 7.86. The van der Waals surface area contributed by atoms with Gasteiger partial charge in [-0.25, -0.2) is 0 Å². The summed E-state index contributed by atoms with van der Waals surface area (Å²) in [6.45, 7) is 6.46. The third kappa shape index (κ3) is 5.51. The molecule has 0 bridgehead atoms. The number of hydrogen-bond acceptors (Lipinski definition) is 7. The molecule has 7 heteroatoms. The molecule has 0 spiro atoms. The van der Waals surface area contributed by atoms with Crippen LogP contribution in [0.1, 0.15) is 26.3 Å². The molecule has 0 saturated carbocycles. The summed E-state index contributed by atoms with van der Waals surface area (Å²) in [4.78, 5) is 11.9. The Labute approximate surface area is 144 Å². The van der Waals surface area contributed by atoms with Gasteiger partial charge in [-0.2, -0.15) is 0 Å². The van der Waals surface area contributed by atoms with Crippen molar-refractivity contribution < 1.29 is 9.53 Å². The van der Waals surface area contributed by atoms with Gasteiger partial charge < -0.3 is 10.1 Å². The molecule has 0 saturated heterocycles. The van der Waals surface area contributed by atoms with Crippen LogP contribution in [0.4, 0.5) is 5.13 Å². The molecule has 0 amide bonds. The molecular formula is C16H21N3O2S2. The van der Waals surface area contributed by atoms with Crippen LogP contribution in [0, 0.1) is 5.41 Å². The highest BCUT2D eigenvalue weighted by atomic mass is 32.2. The van der Waals surface area contributed by atoms with Crippen molar-refractivity contribution in [3.8, 4) is 5.75 Å². The Balaban J connectivity index is 1.83. The molecule has 0 aliphatic carbocycles. The summed E-state index contributed by atoms with van der Waals surface area (Å²) in [5, 5.41) is 12.2. The van der Waals surface area contributed by atoms with Gasteiger partial charge in [0.25, 0.3) is 0 Å². The number of carbonyl (C=O) groups excluding carboxylic acids is 1. The highest BCUT2D eigenvalue weighted by Crippen LogP contribution is 2.28. The van der Waals surface area contributed by atoms with Crippen LogP contribution >= 0.6 is 23.1 Å². The van der Waals surface area contributed by atoms with E-state index in [1.165, 1.54) is 23.1 Å². The first-order valence-corrected chi connectivity index (χ1v) is 9.05. The van der Waals surface area contributed by atoms with Gasteiger partial charge in [0.2, 0.25) is 5.13 Å². The molecule has 1 aromatic heterocycles. The van der Waals surface area contributed by atoms with Gasteiger partial charge in [-0.05, 0) is 17.7 Å². The number of aromatic nitrogens is 2. The molecule has 0 aliphatic rings. The monoisotopic (exact) mass is 351 g/mol. The van der Waals surface area contributed by atoms with Crippen LogP contribution in [-0.4, -0.2) is 28.8 Å². The molecule has 124 valence electrons. The Morgan fingerprint density at radius 3 is 2.57 bits per heavy atom. The fourth-order valence-corrected chi connectivity index (χ4v) is 3.51. The lowest BCUT2D eigenvalue weighted by Gasteiger charge is -2.15. The van der Waals surface area contributed by atoms with E-state index >= 15 is 0 Å². The number of nitrogens with one attached hydrogen (secondary N) is 1. The SMILES string of the molecule is COc1ccc(CNc2nnc(SCC(=O)C(C)(C)C)s2)cc1. The maximum Gasteiger partial charge on any atom is 0.206 e. The van der Waals surface area contributed by atoms with Gasteiger partial charge in [0, 0.05) is 12.0 Å². The molecule has 2 aromatic rings. The maximum atomic E-state index is 11.9. The molecule has 0 fully saturated rings. The fraction of sp³-hybridized carbons (Fsp3) is 0.438. The van der Waals surface area contributed by atoms with Crippen LogP contribution in [0.5, 0.6) is 5.75 Å². The first-order valence-electron chi connectivity index (χ1n) is 7.25. The summed E-state index contributed by atoms with van der Waals surface area (Å²) >= 11 is 2.91. The molecule has 0 aliphatic heterocycles. The average molecular weight is 351 g/mol. The summed E-state index contributed by atoms with van der Waals surface area (Å²) in [6.07, 6.45) is 0. The van der Waals surface area contributed by atoms with E-state index in [-0.39, 0.29) is 11.2 Å². The maximum absolute atomic E-state index is 11.9. The van der Waals surface area contributed by atoms with Crippen molar-refractivity contribution in [2.24, 2.45) is 5.41 Å². The number of benzene rings is 1. The van der Waals surface area contributed by atoms with E-state index in [1.807, 2.05) is 45.0 Å². The second kappa shape index (κ2) is 7.79. The minimum absolute atomic E-state index is 0.213. The lowest BCUT2D eigenvalue weighted by molar-refractivity contribution is -0.123. The van der Waals surface area contributed by atoms with Gasteiger partial charge in [0.05, 0.1) is 12.9 Å². The van der Waals surface area contributed by atoms with Gasteiger partial charge in [-0.1, -0.05) is 56.0 Å². The normalized spacial score (nSPS) is 11.3. The lowest BCUT2D eigenvalue weighted by Crippen LogP contribution is -2.21. The molecule has 1 aromatic carbocycles. The second-order valence-corrected chi connectivity index (χ2v) is 8.24. The largest absolute Gasteiger partial charge is 0.497 e. The number of ether oxygens (including phenoxy) is 1. The van der Waals surface area contributed by atoms with Gasteiger partial charge in [-0.3, -0.25) is 4.79 Å². The van der Waals surface area contributed by atoms with E-state index in [1.54, 1.807) is 7.11 Å². The minimum Gasteiger partial charge on any atom is -0.497 e. The van der Waals surface area contributed by atoms with Gasteiger partial charge in [0.1, 0.15) is 11.5 Å². The summed E-state index contributed by atoms with van der Waals surface area (Å²) in [5.74, 6) is 1.48. The summed E-state index contributed by atoms with van der Waals surface area (Å²) < 4.78 is 5.94. The third-order valence-corrected chi connectivity index (χ3v) is 5.19. The van der Waals surface area contributed by atoms with Crippen LogP contribution in [0.15, 0.2) is 28.6 Å².